The fraction of sp³-hybridized carbons (Fsp3) is 0.143. The van der Waals surface area contributed by atoms with Gasteiger partial charge in [-0.1, -0.05) is 0 Å². The SMILES string of the molecule is CNc1ccc(N)c(F)c1F. The van der Waals surface area contributed by atoms with Crippen molar-refractivity contribution in [1.82, 2.24) is 0 Å². The molecule has 2 nitrogen and oxygen atoms in total. The van der Waals surface area contributed by atoms with E-state index < -0.39 is 11.6 Å². The zero-order valence-corrected chi connectivity index (χ0v) is 5.99. The van der Waals surface area contributed by atoms with Crippen LogP contribution in [0.5, 0.6) is 0 Å². The van der Waals surface area contributed by atoms with Crippen molar-refractivity contribution in [2.24, 2.45) is 0 Å². The molecule has 0 heterocycles. The van der Waals surface area contributed by atoms with E-state index in [-0.39, 0.29) is 11.4 Å². The summed E-state index contributed by atoms with van der Waals surface area (Å²) in [5.74, 6) is -1.94. The van der Waals surface area contributed by atoms with E-state index in [0.29, 0.717) is 0 Å². The number of nitrogens with one attached hydrogen (secondary N) is 1. The summed E-state index contributed by atoms with van der Waals surface area (Å²) in [7, 11) is 1.51. The van der Waals surface area contributed by atoms with Gasteiger partial charge in [0.1, 0.15) is 0 Å². The van der Waals surface area contributed by atoms with Gasteiger partial charge in [0.15, 0.2) is 11.6 Å². The summed E-state index contributed by atoms with van der Waals surface area (Å²) in [6.07, 6.45) is 0. The minimum Gasteiger partial charge on any atom is -0.396 e. The van der Waals surface area contributed by atoms with Crippen LogP contribution < -0.4 is 11.1 Å². The van der Waals surface area contributed by atoms with Crippen molar-refractivity contribution >= 4 is 11.4 Å². The van der Waals surface area contributed by atoms with Gasteiger partial charge in [-0.3, -0.25) is 0 Å². The molecule has 0 aromatic heterocycles. The minimum atomic E-state index is -1.00. The van der Waals surface area contributed by atoms with E-state index in [4.69, 9.17) is 5.73 Å². The van der Waals surface area contributed by atoms with Crippen LogP contribution in [0, 0.1) is 11.6 Å². The molecule has 0 aliphatic heterocycles. The Hall–Kier alpha value is -1.32. The lowest BCUT2D eigenvalue weighted by Gasteiger charge is -2.03. The van der Waals surface area contributed by atoms with Crippen LogP contribution in [0.2, 0.25) is 0 Å². The number of benzene rings is 1. The first-order chi connectivity index (χ1) is 5.16. The number of rotatable bonds is 1. The molecule has 0 saturated carbocycles. The smallest absolute Gasteiger partial charge is 0.183 e. The van der Waals surface area contributed by atoms with Crippen LogP contribution in [-0.4, -0.2) is 7.05 Å². The van der Waals surface area contributed by atoms with E-state index in [2.05, 4.69) is 5.32 Å². The average molecular weight is 158 g/mol. The molecule has 0 aliphatic rings. The van der Waals surface area contributed by atoms with Crippen LogP contribution in [0.1, 0.15) is 0 Å². The summed E-state index contributed by atoms with van der Waals surface area (Å²) in [5.41, 5.74) is 5.03. The van der Waals surface area contributed by atoms with Crippen LogP contribution in [-0.2, 0) is 0 Å². The van der Waals surface area contributed by atoms with Crippen molar-refractivity contribution in [1.29, 1.82) is 0 Å². The molecule has 0 atom stereocenters. The van der Waals surface area contributed by atoms with Crippen molar-refractivity contribution in [2.75, 3.05) is 18.1 Å². The number of anilines is 2. The average Bonchev–Trinajstić information content (AvgIpc) is 2.01. The fourth-order valence-corrected chi connectivity index (χ4v) is 0.757. The molecule has 60 valence electrons. The predicted molar refractivity (Wildman–Crippen MR) is 40.3 cm³/mol. The Bertz CT molecular complexity index is 273. The van der Waals surface area contributed by atoms with Gasteiger partial charge < -0.3 is 11.1 Å². The standard InChI is InChI=1S/C7H8F2N2/c1-11-5-3-2-4(10)6(8)7(5)9/h2-3,11H,10H2,1H3. The van der Waals surface area contributed by atoms with Crippen LogP contribution in [0.25, 0.3) is 0 Å². The molecule has 1 aromatic carbocycles. The Kier molecular flexibility index (Phi) is 1.94. The van der Waals surface area contributed by atoms with Gasteiger partial charge in [0.2, 0.25) is 0 Å². The third-order valence-corrected chi connectivity index (χ3v) is 1.38. The third-order valence-electron chi connectivity index (χ3n) is 1.38. The summed E-state index contributed by atoms with van der Waals surface area (Å²) in [5, 5.41) is 2.49. The van der Waals surface area contributed by atoms with E-state index in [0.717, 1.165) is 0 Å². The van der Waals surface area contributed by atoms with Crippen LogP contribution in [0.15, 0.2) is 12.1 Å². The Morgan fingerprint density at radius 3 is 2.45 bits per heavy atom. The molecule has 3 N–H and O–H groups in total. The first-order valence-electron chi connectivity index (χ1n) is 3.08. The van der Waals surface area contributed by atoms with Crippen LogP contribution in [0.4, 0.5) is 20.2 Å². The quantitative estimate of drug-likeness (QED) is 0.609. The molecular weight excluding hydrogens is 150 g/mol. The molecule has 11 heavy (non-hydrogen) atoms. The number of halogens is 2. The van der Waals surface area contributed by atoms with Gasteiger partial charge in [-0.15, -0.1) is 0 Å². The molecule has 0 amide bonds. The van der Waals surface area contributed by atoms with Crippen molar-refractivity contribution in [2.45, 2.75) is 0 Å². The number of nitrogens with two attached hydrogens (primary N) is 1. The third kappa shape index (κ3) is 1.24. The van der Waals surface area contributed by atoms with Crippen molar-refractivity contribution in [3.63, 3.8) is 0 Å². The Labute approximate surface area is 63.0 Å². The normalized spacial score (nSPS) is 9.73. The minimum absolute atomic E-state index is 0.108. The van der Waals surface area contributed by atoms with E-state index in [1.54, 1.807) is 0 Å². The fourth-order valence-electron chi connectivity index (χ4n) is 0.757. The topological polar surface area (TPSA) is 38.0 Å². The largest absolute Gasteiger partial charge is 0.396 e. The molecule has 1 rings (SSSR count). The second-order valence-corrected chi connectivity index (χ2v) is 2.08. The van der Waals surface area contributed by atoms with Gasteiger partial charge in [0.25, 0.3) is 0 Å². The summed E-state index contributed by atoms with van der Waals surface area (Å²) in [4.78, 5) is 0. The van der Waals surface area contributed by atoms with Crippen molar-refractivity contribution in [3.8, 4) is 0 Å². The molecule has 1 aromatic rings. The zero-order valence-electron chi connectivity index (χ0n) is 5.99. The van der Waals surface area contributed by atoms with Crippen molar-refractivity contribution < 1.29 is 8.78 Å². The molecular formula is C7H8F2N2. The lowest BCUT2D eigenvalue weighted by Crippen LogP contribution is -1.99. The van der Waals surface area contributed by atoms with E-state index in [9.17, 15) is 8.78 Å². The number of nitrogen functional groups attached to an aromatic ring is 1. The molecule has 0 unspecified atom stereocenters. The van der Waals surface area contributed by atoms with Gasteiger partial charge >= 0.3 is 0 Å². The van der Waals surface area contributed by atoms with Gasteiger partial charge in [0.05, 0.1) is 11.4 Å². The van der Waals surface area contributed by atoms with Gasteiger partial charge in [-0.05, 0) is 12.1 Å². The molecule has 0 bridgehead atoms. The molecule has 0 spiro atoms. The first kappa shape index (κ1) is 7.78. The van der Waals surface area contributed by atoms with Gasteiger partial charge in [0, 0.05) is 7.05 Å². The second-order valence-electron chi connectivity index (χ2n) is 2.08. The molecule has 0 saturated heterocycles. The number of hydrogen-bond donors (Lipinski definition) is 2. The Morgan fingerprint density at radius 1 is 1.27 bits per heavy atom. The van der Waals surface area contributed by atoms with E-state index in [1.165, 1.54) is 19.2 Å². The highest BCUT2D eigenvalue weighted by molar-refractivity contribution is 5.53. The lowest BCUT2D eigenvalue weighted by molar-refractivity contribution is 0.515. The summed E-state index contributed by atoms with van der Waals surface area (Å²) in [6, 6.07) is 2.69. The van der Waals surface area contributed by atoms with E-state index >= 15 is 0 Å². The maximum atomic E-state index is 12.7. The lowest BCUT2D eigenvalue weighted by atomic mass is 10.2. The predicted octanol–water partition coefficient (Wildman–Crippen LogP) is 1.59. The highest BCUT2D eigenvalue weighted by Gasteiger charge is 2.09. The van der Waals surface area contributed by atoms with E-state index in [1.807, 2.05) is 0 Å². The monoisotopic (exact) mass is 158 g/mol. The maximum absolute atomic E-state index is 12.7. The molecule has 0 fully saturated rings. The molecule has 0 aliphatic carbocycles. The highest BCUT2D eigenvalue weighted by Crippen LogP contribution is 2.20. The first-order valence-corrected chi connectivity index (χ1v) is 3.08. The summed E-state index contributed by atoms with van der Waals surface area (Å²) < 4.78 is 25.4. The Morgan fingerprint density at radius 2 is 1.91 bits per heavy atom. The van der Waals surface area contributed by atoms with Crippen LogP contribution in [0.3, 0.4) is 0 Å². The zero-order chi connectivity index (χ0) is 8.43. The summed E-state index contributed by atoms with van der Waals surface area (Å²) in [6.45, 7) is 0. The Balaban J connectivity index is 3.25. The molecule has 4 heteroatoms. The van der Waals surface area contributed by atoms with Crippen LogP contribution >= 0.6 is 0 Å². The summed E-state index contributed by atoms with van der Waals surface area (Å²) >= 11 is 0. The highest BCUT2D eigenvalue weighted by atomic mass is 19.2. The van der Waals surface area contributed by atoms with Gasteiger partial charge in [-0.2, -0.15) is 0 Å². The second kappa shape index (κ2) is 2.74. The van der Waals surface area contributed by atoms with Gasteiger partial charge in [-0.25, -0.2) is 8.78 Å². The van der Waals surface area contributed by atoms with Crippen molar-refractivity contribution in [3.05, 3.63) is 23.8 Å². The number of hydrogen-bond acceptors (Lipinski definition) is 2. The maximum Gasteiger partial charge on any atom is 0.183 e. The molecule has 0 radical (unpaired) electrons.